The summed E-state index contributed by atoms with van der Waals surface area (Å²) in [6, 6.07) is 7.78. The van der Waals surface area contributed by atoms with Crippen molar-refractivity contribution in [2.75, 3.05) is 25.0 Å². The maximum Gasteiger partial charge on any atom is 0.238 e. The van der Waals surface area contributed by atoms with E-state index in [0.29, 0.717) is 13.1 Å². The standard InChI is InChI=1S/C17H25N3O/c18-9-15-2-1-3-16(8-15)19-17(21)12-20(10-13-4-5-13)11-14-6-7-14/h1-3,8,13-14H,4-7,9-12,18H2,(H,19,21). The van der Waals surface area contributed by atoms with Crippen LogP contribution in [0, 0.1) is 11.8 Å². The van der Waals surface area contributed by atoms with Gasteiger partial charge >= 0.3 is 0 Å². The lowest BCUT2D eigenvalue weighted by Crippen LogP contribution is -2.36. The van der Waals surface area contributed by atoms with E-state index in [2.05, 4.69) is 10.2 Å². The monoisotopic (exact) mass is 287 g/mol. The van der Waals surface area contributed by atoms with E-state index in [1.807, 2.05) is 24.3 Å². The lowest BCUT2D eigenvalue weighted by atomic mass is 10.2. The van der Waals surface area contributed by atoms with Crippen molar-refractivity contribution in [1.29, 1.82) is 0 Å². The Hall–Kier alpha value is -1.39. The van der Waals surface area contributed by atoms with Gasteiger partial charge in [0.1, 0.15) is 0 Å². The fraction of sp³-hybridized carbons (Fsp3) is 0.588. The lowest BCUT2D eigenvalue weighted by Gasteiger charge is -2.21. The van der Waals surface area contributed by atoms with Gasteiger partial charge in [-0.15, -0.1) is 0 Å². The minimum Gasteiger partial charge on any atom is -0.326 e. The van der Waals surface area contributed by atoms with Gasteiger partial charge in [-0.05, 0) is 55.2 Å². The van der Waals surface area contributed by atoms with Gasteiger partial charge < -0.3 is 11.1 Å². The van der Waals surface area contributed by atoms with Gasteiger partial charge in [-0.3, -0.25) is 9.69 Å². The van der Waals surface area contributed by atoms with E-state index in [0.717, 1.165) is 36.2 Å². The molecular weight excluding hydrogens is 262 g/mol. The highest BCUT2D eigenvalue weighted by Gasteiger charge is 2.29. The molecule has 0 heterocycles. The van der Waals surface area contributed by atoms with Crippen molar-refractivity contribution in [2.24, 2.45) is 17.6 Å². The zero-order valence-corrected chi connectivity index (χ0v) is 12.6. The van der Waals surface area contributed by atoms with Crippen molar-refractivity contribution in [3.05, 3.63) is 29.8 Å². The van der Waals surface area contributed by atoms with Gasteiger partial charge in [0.2, 0.25) is 5.91 Å². The summed E-state index contributed by atoms with van der Waals surface area (Å²) in [6.07, 6.45) is 5.34. The molecule has 114 valence electrons. The van der Waals surface area contributed by atoms with Gasteiger partial charge in [0, 0.05) is 25.3 Å². The topological polar surface area (TPSA) is 58.4 Å². The number of hydrogen-bond acceptors (Lipinski definition) is 3. The molecule has 1 aromatic rings. The molecule has 0 aliphatic heterocycles. The van der Waals surface area contributed by atoms with Gasteiger partial charge in [0.15, 0.2) is 0 Å². The maximum atomic E-state index is 12.2. The number of nitrogens with two attached hydrogens (primary N) is 1. The summed E-state index contributed by atoms with van der Waals surface area (Å²) in [6.45, 7) is 3.19. The molecule has 0 unspecified atom stereocenters. The first-order chi connectivity index (χ1) is 10.2. The molecule has 3 N–H and O–H groups in total. The molecule has 1 amide bonds. The molecule has 3 rings (SSSR count). The molecule has 2 fully saturated rings. The summed E-state index contributed by atoms with van der Waals surface area (Å²) < 4.78 is 0. The zero-order chi connectivity index (χ0) is 14.7. The summed E-state index contributed by atoms with van der Waals surface area (Å²) in [5, 5.41) is 3.00. The predicted molar refractivity (Wildman–Crippen MR) is 84.9 cm³/mol. The highest BCUT2D eigenvalue weighted by molar-refractivity contribution is 5.92. The first-order valence-corrected chi connectivity index (χ1v) is 8.04. The third kappa shape index (κ3) is 4.83. The fourth-order valence-corrected chi connectivity index (χ4v) is 2.71. The van der Waals surface area contributed by atoms with Crippen LogP contribution in [-0.2, 0) is 11.3 Å². The Kier molecular flexibility index (Phi) is 4.56. The van der Waals surface area contributed by atoms with Crippen molar-refractivity contribution in [2.45, 2.75) is 32.2 Å². The highest BCUT2D eigenvalue weighted by atomic mass is 16.2. The molecule has 21 heavy (non-hydrogen) atoms. The van der Waals surface area contributed by atoms with E-state index >= 15 is 0 Å². The number of anilines is 1. The minimum atomic E-state index is 0.0884. The lowest BCUT2D eigenvalue weighted by molar-refractivity contribution is -0.117. The Balaban J connectivity index is 1.52. The second kappa shape index (κ2) is 6.58. The van der Waals surface area contributed by atoms with Gasteiger partial charge in [-0.2, -0.15) is 0 Å². The average Bonchev–Trinajstić information content (AvgIpc) is 3.35. The van der Waals surface area contributed by atoms with Gasteiger partial charge in [-0.1, -0.05) is 12.1 Å². The van der Waals surface area contributed by atoms with Crippen LogP contribution in [0.4, 0.5) is 5.69 Å². The van der Waals surface area contributed by atoms with Crippen LogP contribution in [0.5, 0.6) is 0 Å². The van der Waals surface area contributed by atoms with Crippen molar-refractivity contribution >= 4 is 11.6 Å². The van der Waals surface area contributed by atoms with Gasteiger partial charge in [0.25, 0.3) is 0 Å². The summed E-state index contributed by atoms with van der Waals surface area (Å²) in [5.41, 5.74) is 7.52. The van der Waals surface area contributed by atoms with Crippen LogP contribution in [0.15, 0.2) is 24.3 Å². The second-order valence-corrected chi connectivity index (χ2v) is 6.53. The minimum absolute atomic E-state index is 0.0884. The molecule has 2 aliphatic carbocycles. The Morgan fingerprint density at radius 2 is 1.86 bits per heavy atom. The normalized spacial score (nSPS) is 18.0. The molecule has 2 aliphatic rings. The molecule has 1 aromatic carbocycles. The Morgan fingerprint density at radius 3 is 2.43 bits per heavy atom. The van der Waals surface area contributed by atoms with Crippen molar-refractivity contribution in [3.63, 3.8) is 0 Å². The van der Waals surface area contributed by atoms with Crippen molar-refractivity contribution < 1.29 is 4.79 Å². The van der Waals surface area contributed by atoms with Gasteiger partial charge in [0.05, 0.1) is 6.54 Å². The van der Waals surface area contributed by atoms with Crippen LogP contribution in [-0.4, -0.2) is 30.4 Å². The van der Waals surface area contributed by atoms with E-state index in [1.165, 1.54) is 25.7 Å². The zero-order valence-electron chi connectivity index (χ0n) is 12.6. The average molecular weight is 287 g/mol. The van der Waals surface area contributed by atoms with Gasteiger partial charge in [-0.25, -0.2) is 0 Å². The van der Waals surface area contributed by atoms with Crippen molar-refractivity contribution in [3.8, 4) is 0 Å². The molecule has 0 radical (unpaired) electrons. The number of nitrogens with one attached hydrogen (secondary N) is 1. The third-order valence-corrected chi connectivity index (χ3v) is 4.24. The summed E-state index contributed by atoms with van der Waals surface area (Å²) >= 11 is 0. The summed E-state index contributed by atoms with van der Waals surface area (Å²) in [4.78, 5) is 14.6. The van der Waals surface area contributed by atoms with E-state index in [9.17, 15) is 4.79 Å². The number of carbonyl (C=O) groups is 1. The molecule has 0 spiro atoms. The number of hydrogen-bond donors (Lipinski definition) is 2. The van der Waals surface area contributed by atoms with Crippen LogP contribution >= 0.6 is 0 Å². The van der Waals surface area contributed by atoms with Crippen LogP contribution in [0.25, 0.3) is 0 Å². The maximum absolute atomic E-state index is 12.2. The molecular formula is C17H25N3O. The number of amides is 1. The molecule has 2 saturated carbocycles. The fourth-order valence-electron chi connectivity index (χ4n) is 2.71. The quantitative estimate of drug-likeness (QED) is 0.770. The first-order valence-electron chi connectivity index (χ1n) is 8.04. The smallest absolute Gasteiger partial charge is 0.238 e. The third-order valence-electron chi connectivity index (χ3n) is 4.24. The number of benzene rings is 1. The van der Waals surface area contributed by atoms with E-state index < -0.39 is 0 Å². The van der Waals surface area contributed by atoms with Crippen LogP contribution < -0.4 is 11.1 Å². The molecule has 0 saturated heterocycles. The molecule has 0 atom stereocenters. The van der Waals surface area contributed by atoms with Crippen LogP contribution in [0.1, 0.15) is 31.2 Å². The largest absolute Gasteiger partial charge is 0.326 e. The molecule has 0 bridgehead atoms. The SMILES string of the molecule is NCc1cccc(NC(=O)CN(CC2CC2)CC2CC2)c1. The number of nitrogens with zero attached hydrogens (tertiary/aromatic N) is 1. The van der Waals surface area contributed by atoms with E-state index in [1.54, 1.807) is 0 Å². The Morgan fingerprint density at radius 1 is 1.19 bits per heavy atom. The summed E-state index contributed by atoms with van der Waals surface area (Å²) in [5.74, 6) is 1.75. The van der Waals surface area contributed by atoms with E-state index in [4.69, 9.17) is 5.73 Å². The predicted octanol–water partition coefficient (Wildman–Crippen LogP) is 2.21. The molecule has 4 heteroatoms. The Bertz CT molecular complexity index is 481. The van der Waals surface area contributed by atoms with Crippen LogP contribution in [0.2, 0.25) is 0 Å². The molecule has 0 aromatic heterocycles. The number of carbonyl (C=O) groups excluding carboxylic acids is 1. The van der Waals surface area contributed by atoms with Crippen molar-refractivity contribution in [1.82, 2.24) is 4.90 Å². The van der Waals surface area contributed by atoms with E-state index in [-0.39, 0.29) is 5.91 Å². The first kappa shape index (κ1) is 14.5. The highest BCUT2D eigenvalue weighted by Crippen LogP contribution is 2.33. The van der Waals surface area contributed by atoms with Crippen LogP contribution in [0.3, 0.4) is 0 Å². The Labute approximate surface area is 126 Å². The second-order valence-electron chi connectivity index (χ2n) is 6.53. The summed E-state index contributed by atoms with van der Waals surface area (Å²) in [7, 11) is 0. The molecule has 4 nitrogen and oxygen atoms in total. The number of rotatable bonds is 8.